The van der Waals surface area contributed by atoms with E-state index in [1.54, 1.807) is 12.1 Å². The molecule has 1 atom stereocenters. The summed E-state index contributed by atoms with van der Waals surface area (Å²) in [5, 5.41) is 28.4. The van der Waals surface area contributed by atoms with E-state index in [1.807, 2.05) is 0 Å². The molecule has 1 aromatic heterocycles. The number of aryl methyl sites for hydroxylation is 1. The summed E-state index contributed by atoms with van der Waals surface area (Å²) in [6, 6.07) is 11.2. The standard InChI is InChI=1S/C23H20F6O4S/c1-13-3-2-4-18(20(13)21(24,32)22(25,26)23(27,28)29)19-8-7-17(34-19)12-33-16-6-5-14(10-30)15(9-16)11-31/h2-9,30-32H,10-12H2,1H3. The minimum Gasteiger partial charge on any atom is -0.488 e. The molecule has 0 saturated heterocycles. The van der Waals surface area contributed by atoms with Crippen molar-refractivity contribution in [3.05, 3.63) is 75.7 Å². The Kier molecular flexibility index (Phi) is 7.32. The second-order valence-corrected chi connectivity index (χ2v) is 8.66. The molecule has 0 aliphatic rings. The lowest BCUT2D eigenvalue weighted by Crippen LogP contribution is -2.52. The summed E-state index contributed by atoms with van der Waals surface area (Å²) >= 11 is 0.962. The zero-order valence-electron chi connectivity index (χ0n) is 17.7. The highest BCUT2D eigenvalue weighted by atomic mass is 32.1. The smallest absolute Gasteiger partial charge is 0.459 e. The van der Waals surface area contributed by atoms with Crippen LogP contribution in [0.15, 0.2) is 48.5 Å². The third kappa shape index (κ3) is 4.78. The lowest BCUT2D eigenvalue weighted by atomic mass is 9.90. The molecule has 0 amide bonds. The zero-order chi connectivity index (χ0) is 25.3. The maximum absolute atomic E-state index is 14.8. The second kappa shape index (κ2) is 9.57. The third-order valence-corrected chi connectivity index (χ3v) is 6.29. The third-order valence-electron chi connectivity index (χ3n) is 5.20. The minimum absolute atomic E-state index is 0.0201. The second-order valence-electron chi connectivity index (χ2n) is 7.49. The van der Waals surface area contributed by atoms with E-state index in [1.165, 1.54) is 24.3 Å². The van der Waals surface area contributed by atoms with Gasteiger partial charge in [0, 0.05) is 20.9 Å². The maximum atomic E-state index is 14.8. The number of aliphatic hydroxyl groups excluding tert-OH is 2. The van der Waals surface area contributed by atoms with Gasteiger partial charge in [-0.05, 0) is 47.9 Å². The summed E-state index contributed by atoms with van der Waals surface area (Å²) in [5.74, 6) is -10.7. The van der Waals surface area contributed by atoms with Crippen molar-refractivity contribution in [2.45, 2.75) is 44.7 Å². The van der Waals surface area contributed by atoms with Crippen LogP contribution in [-0.2, 0) is 25.7 Å². The van der Waals surface area contributed by atoms with E-state index >= 15 is 0 Å². The average Bonchev–Trinajstić information content (AvgIpc) is 3.25. The van der Waals surface area contributed by atoms with Crippen LogP contribution in [0.4, 0.5) is 26.3 Å². The number of aliphatic hydroxyl groups is 3. The lowest BCUT2D eigenvalue weighted by molar-refractivity contribution is -0.379. The minimum atomic E-state index is -6.32. The van der Waals surface area contributed by atoms with Crippen molar-refractivity contribution < 1.29 is 46.4 Å². The Bertz CT molecular complexity index is 1160. The molecule has 184 valence electrons. The SMILES string of the molecule is Cc1cccc(-c2ccc(COc3ccc(CO)c(CO)c3)s2)c1C(O)(F)C(F)(F)C(F)(F)F. The number of alkyl halides is 6. The molecule has 1 heterocycles. The quantitative estimate of drug-likeness (QED) is 0.348. The fraction of sp³-hybridized carbons (Fsp3) is 0.304. The molecule has 1 unspecified atom stereocenters. The molecule has 34 heavy (non-hydrogen) atoms. The van der Waals surface area contributed by atoms with Gasteiger partial charge in [0.15, 0.2) is 0 Å². The van der Waals surface area contributed by atoms with E-state index in [4.69, 9.17) is 4.74 Å². The Morgan fingerprint density at radius 3 is 2.18 bits per heavy atom. The number of ether oxygens (including phenoxy) is 1. The van der Waals surface area contributed by atoms with Crippen molar-refractivity contribution in [2.75, 3.05) is 0 Å². The molecule has 3 aromatic rings. The Balaban J connectivity index is 1.91. The number of benzene rings is 2. The van der Waals surface area contributed by atoms with Crippen molar-refractivity contribution in [1.82, 2.24) is 0 Å². The average molecular weight is 506 g/mol. The van der Waals surface area contributed by atoms with Crippen LogP contribution in [0.25, 0.3) is 10.4 Å². The van der Waals surface area contributed by atoms with Gasteiger partial charge in [-0.1, -0.05) is 24.3 Å². The molecule has 11 heteroatoms. The molecule has 0 saturated carbocycles. The first-order valence-corrected chi connectivity index (χ1v) is 10.7. The highest BCUT2D eigenvalue weighted by Crippen LogP contribution is 2.52. The van der Waals surface area contributed by atoms with Crippen molar-refractivity contribution in [1.29, 1.82) is 0 Å². The van der Waals surface area contributed by atoms with E-state index in [0.29, 0.717) is 21.8 Å². The predicted molar refractivity (Wildman–Crippen MR) is 113 cm³/mol. The summed E-state index contributed by atoms with van der Waals surface area (Å²) in [7, 11) is 0. The van der Waals surface area contributed by atoms with Crippen molar-refractivity contribution in [3.63, 3.8) is 0 Å². The van der Waals surface area contributed by atoms with Gasteiger partial charge in [0.1, 0.15) is 12.4 Å². The molecule has 0 bridgehead atoms. The predicted octanol–water partition coefficient (Wildman–Crippen LogP) is 5.60. The Morgan fingerprint density at radius 2 is 1.56 bits per heavy atom. The highest BCUT2D eigenvalue weighted by Gasteiger charge is 2.72. The zero-order valence-corrected chi connectivity index (χ0v) is 18.5. The molecule has 3 N–H and O–H groups in total. The molecule has 0 spiro atoms. The molecule has 0 radical (unpaired) electrons. The number of hydrogen-bond donors (Lipinski definition) is 3. The monoisotopic (exact) mass is 506 g/mol. The Labute approximate surface area is 194 Å². The topological polar surface area (TPSA) is 69.9 Å². The molecule has 2 aromatic carbocycles. The van der Waals surface area contributed by atoms with Gasteiger partial charge in [-0.15, -0.1) is 11.3 Å². The molecule has 3 rings (SSSR count). The first-order valence-electron chi connectivity index (χ1n) is 9.84. The van der Waals surface area contributed by atoms with Crippen LogP contribution in [-0.4, -0.2) is 27.4 Å². The van der Waals surface area contributed by atoms with Gasteiger partial charge in [-0.25, -0.2) is 0 Å². The molecular weight excluding hydrogens is 486 g/mol. The van der Waals surface area contributed by atoms with Crippen LogP contribution in [0.2, 0.25) is 0 Å². The van der Waals surface area contributed by atoms with Gasteiger partial charge in [-0.3, -0.25) is 0 Å². The summed E-state index contributed by atoms with van der Waals surface area (Å²) < 4.78 is 86.8. The van der Waals surface area contributed by atoms with E-state index < -0.39 is 23.5 Å². The lowest BCUT2D eigenvalue weighted by Gasteiger charge is -2.32. The molecule has 4 nitrogen and oxygen atoms in total. The van der Waals surface area contributed by atoms with Crippen LogP contribution in [0, 0.1) is 6.92 Å². The highest BCUT2D eigenvalue weighted by molar-refractivity contribution is 7.15. The van der Waals surface area contributed by atoms with Gasteiger partial charge >= 0.3 is 18.0 Å². The van der Waals surface area contributed by atoms with E-state index in [2.05, 4.69) is 0 Å². The van der Waals surface area contributed by atoms with E-state index in [-0.39, 0.29) is 35.8 Å². The van der Waals surface area contributed by atoms with Gasteiger partial charge in [0.05, 0.1) is 13.2 Å². The number of hydrogen-bond acceptors (Lipinski definition) is 5. The van der Waals surface area contributed by atoms with Crippen LogP contribution < -0.4 is 4.74 Å². The summed E-state index contributed by atoms with van der Waals surface area (Å²) in [6.45, 7) is 0.522. The molecule has 0 aliphatic heterocycles. The molecule has 0 fully saturated rings. The fourth-order valence-electron chi connectivity index (χ4n) is 3.41. The van der Waals surface area contributed by atoms with Crippen LogP contribution >= 0.6 is 11.3 Å². The van der Waals surface area contributed by atoms with E-state index in [0.717, 1.165) is 30.4 Å². The Morgan fingerprint density at radius 1 is 0.882 bits per heavy atom. The van der Waals surface area contributed by atoms with E-state index in [9.17, 15) is 41.7 Å². The van der Waals surface area contributed by atoms with Gasteiger partial charge in [-0.2, -0.15) is 26.3 Å². The maximum Gasteiger partial charge on any atom is 0.459 e. The van der Waals surface area contributed by atoms with Crippen molar-refractivity contribution in [2.24, 2.45) is 0 Å². The van der Waals surface area contributed by atoms with Gasteiger partial charge in [0.2, 0.25) is 0 Å². The van der Waals surface area contributed by atoms with Crippen molar-refractivity contribution in [3.8, 4) is 16.2 Å². The van der Waals surface area contributed by atoms with Gasteiger partial charge < -0.3 is 20.1 Å². The molecular formula is C23H20F6O4S. The Hall–Kier alpha value is -2.60. The van der Waals surface area contributed by atoms with Crippen LogP contribution in [0.3, 0.4) is 0 Å². The fourth-order valence-corrected chi connectivity index (χ4v) is 4.36. The largest absolute Gasteiger partial charge is 0.488 e. The first-order chi connectivity index (χ1) is 15.8. The summed E-state index contributed by atoms with van der Waals surface area (Å²) in [6.07, 6.45) is -6.32. The normalized spacial score (nSPS) is 14.2. The number of halogens is 6. The van der Waals surface area contributed by atoms with Crippen molar-refractivity contribution >= 4 is 11.3 Å². The molecule has 0 aliphatic carbocycles. The first kappa shape index (κ1) is 26.0. The number of thiophene rings is 1. The summed E-state index contributed by atoms with van der Waals surface area (Å²) in [5.41, 5.74) is -0.768. The number of rotatable bonds is 8. The summed E-state index contributed by atoms with van der Waals surface area (Å²) in [4.78, 5) is 0.683. The van der Waals surface area contributed by atoms with Crippen LogP contribution in [0.5, 0.6) is 5.75 Å². The van der Waals surface area contributed by atoms with Crippen LogP contribution in [0.1, 0.15) is 27.1 Å². The van der Waals surface area contributed by atoms with Gasteiger partial charge in [0.25, 0.3) is 0 Å².